The second kappa shape index (κ2) is 5.18. The Morgan fingerprint density at radius 2 is 2.06 bits per heavy atom. The second-order valence-corrected chi connectivity index (χ2v) is 3.86. The van der Waals surface area contributed by atoms with E-state index in [0.29, 0.717) is 11.5 Å². The SMILES string of the molecule is Cc1oc(CN)cc1COc1cc(F)ccc1F. The maximum absolute atomic E-state index is 13.3. The first-order valence-electron chi connectivity index (χ1n) is 5.46. The van der Waals surface area contributed by atoms with Crippen molar-refractivity contribution < 1.29 is 17.9 Å². The van der Waals surface area contributed by atoms with Gasteiger partial charge < -0.3 is 14.9 Å². The van der Waals surface area contributed by atoms with Gasteiger partial charge in [-0.15, -0.1) is 0 Å². The standard InChI is InChI=1S/C13H13F2NO2/c1-8-9(4-11(6-16)18-8)7-17-13-5-10(14)2-3-12(13)15/h2-5H,6-7,16H2,1H3. The van der Waals surface area contributed by atoms with E-state index in [9.17, 15) is 8.78 Å². The molecule has 0 saturated heterocycles. The molecule has 0 aliphatic rings. The molecule has 2 N–H and O–H groups in total. The summed E-state index contributed by atoms with van der Waals surface area (Å²) >= 11 is 0. The summed E-state index contributed by atoms with van der Waals surface area (Å²) in [5.74, 6) is 0.0255. The van der Waals surface area contributed by atoms with E-state index in [2.05, 4.69) is 0 Å². The van der Waals surface area contributed by atoms with Crippen LogP contribution in [0.25, 0.3) is 0 Å². The van der Waals surface area contributed by atoms with E-state index in [0.717, 1.165) is 23.8 Å². The Morgan fingerprint density at radius 1 is 1.28 bits per heavy atom. The Morgan fingerprint density at radius 3 is 2.72 bits per heavy atom. The molecule has 96 valence electrons. The average molecular weight is 253 g/mol. The topological polar surface area (TPSA) is 48.4 Å². The van der Waals surface area contributed by atoms with E-state index >= 15 is 0 Å². The van der Waals surface area contributed by atoms with E-state index in [1.54, 1.807) is 13.0 Å². The highest BCUT2D eigenvalue weighted by atomic mass is 19.1. The summed E-state index contributed by atoms with van der Waals surface area (Å²) in [5.41, 5.74) is 6.20. The predicted octanol–water partition coefficient (Wildman–Crippen LogP) is 2.90. The Hall–Kier alpha value is -1.88. The molecule has 0 bridgehead atoms. The normalized spacial score (nSPS) is 10.7. The van der Waals surface area contributed by atoms with Crippen LogP contribution in [0.15, 0.2) is 28.7 Å². The average Bonchev–Trinajstić information content (AvgIpc) is 2.71. The highest BCUT2D eigenvalue weighted by Gasteiger charge is 2.09. The minimum Gasteiger partial charge on any atom is -0.486 e. The van der Waals surface area contributed by atoms with Crippen molar-refractivity contribution in [1.82, 2.24) is 0 Å². The minimum absolute atomic E-state index is 0.107. The van der Waals surface area contributed by atoms with Crippen LogP contribution in [0.3, 0.4) is 0 Å². The molecular formula is C13H13F2NO2. The van der Waals surface area contributed by atoms with Crippen LogP contribution in [0.1, 0.15) is 17.1 Å². The van der Waals surface area contributed by atoms with E-state index in [-0.39, 0.29) is 18.9 Å². The second-order valence-electron chi connectivity index (χ2n) is 3.86. The monoisotopic (exact) mass is 253 g/mol. The van der Waals surface area contributed by atoms with Crippen molar-refractivity contribution in [2.75, 3.05) is 0 Å². The number of halogens is 2. The third-order valence-corrected chi connectivity index (χ3v) is 2.55. The van der Waals surface area contributed by atoms with Gasteiger partial charge in [-0.25, -0.2) is 8.78 Å². The van der Waals surface area contributed by atoms with Gasteiger partial charge >= 0.3 is 0 Å². The Kier molecular flexibility index (Phi) is 3.62. The lowest BCUT2D eigenvalue weighted by Gasteiger charge is -2.06. The van der Waals surface area contributed by atoms with Crippen molar-refractivity contribution in [2.24, 2.45) is 5.73 Å². The van der Waals surface area contributed by atoms with Crippen LogP contribution in [-0.2, 0) is 13.2 Å². The minimum atomic E-state index is -0.600. The van der Waals surface area contributed by atoms with Crippen molar-refractivity contribution in [3.8, 4) is 5.75 Å². The molecule has 0 fully saturated rings. The van der Waals surface area contributed by atoms with Crippen molar-refractivity contribution >= 4 is 0 Å². The summed E-state index contributed by atoms with van der Waals surface area (Å²) in [4.78, 5) is 0. The lowest BCUT2D eigenvalue weighted by atomic mass is 10.2. The lowest BCUT2D eigenvalue weighted by Crippen LogP contribution is -1.98. The summed E-state index contributed by atoms with van der Waals surface area (Å²) in [6.07, 6.45) is 0. The zero-order chi connectivity index (χ0) is 13.1. The van der Waals surface area contributed by atoms with Crippen molar-refractivity contribution in [1.29, 1.82) is 0 Å². The number of hydrogen-bond donors (Lipinski definition) is 1. The molecule has 18 heavy (non-hydrogen) atoms. The van der Waals surface area contributed by atoms with Crippen molar-refractivity contribution in [3.05, 3.63) is 53.0 Å². The molecule has 1 aromatic heterocycles. The molecule has 0 radical (unpaired) electrons. The first-order chi connectivity index (χ1) is 8.60. The van der Waals surface area contributed by atoms with Gasteiger partial charge in [-0.05, 0) is 25.1 Å². The van der Waals surface area contributed by atoms with Crippen LogP contribution in [0.4, 0.5) is 8.78 Å². The molecular weight excluding hydrogens is 240 g/mol. The molecule has 0 aliphatic heterocycles. The zero-order valence-electron chi connectivity index (χ0n) is 9.87. The van der Waals surface area contributed by atoms with Crippen LogP contribution >= 0.6 is 0 Å². The van der Waals surface area contributed by atoms with E-state index in [1.807, 2.05) is 0 Å². The summed E-state index contributed by atoms with van der Waals surface area (Å²) in [5, 5.41) is 0. The van der Waals surface area contributed by atoms with Gasteiger partial charge in [-0.3, -0.25) is 0 Å². The van der Waals surface area contributed by atoms with Crippen LogP contribution in [0.2, 0.25) is 0 Å². The number of furan rings is 1. The number of ether oxygens (including phenoxy) is 1. The number of hydrogen-bond acceptors (Lipinski definition) is 3. The first-order valence-corrected chi connectivity index (χ1v) is 5.46. The largest absolute Gasteiger partial charge is 0.486 e. The maximum Gasteiger partial charge on any atom is 0.165 e. The van der Waals surface area contributed by atoms with Crippen LogP contribution in [-0.4, -0.2) is 0 Å². The number of benzene rings is 1. The fourth-order valence-electron chi connectivity index (χ4n) is 1.57. The van der Waals surface area contributed by atoms with Gasteiger partial charge in [-0.2, -0.15) is 0 Å². The van der Waals surface area contributed by atoms with Gasteiger partial charge in [0, 0.05) is 11.6 Å². The molecule has 2 aromatic rings. The van der Waals surface area contributed by atoms with Gasteiger partial charge in [-0.1, -0.05) is 0 Å². The Labute approximate surface area is 103 Å². The maximum atomic E-state index is 13.3. The van der Waals surface area contributed by atoms with Gasteiger partial charge in [0.05, 0.1) is 6.54 Å². The molecule has 0 aliphatic carbocycles. The molecule has 0 amide bonds. The third-order valence-electron chi connectivity index (χ3n) is 2.55. The summed E-state index contributed by atoms with van der Waals surface area (Å²) < 4.78 is 36.8. The van der Waals surface area contributed by atoms with Crippen LogP contribution < -0.4 is 10.5 Å². The van der Waals surface area contributed by atoms with Crippen molar-refractivity contribution in [2.45, 2.75) is 20.1 Å². The molecule has 0 saturated carbocycles. The van der Waals surface area contributed by atoms with Crippen LogP contribution in [0.5, 0.6) is 5.75 Å². The smallest absolute Gasteiger partial charge is 0.165 e. The zero-order valence-corrected chi connectivity index (χ0v) is 9.87. The summed E-state index contributed by atoms with van der Waals surface area (Å²) in [6, 6.07) is 4.82. The number of rotatable bonds is 4. The number of nitrogens with two attached hydrogens (primary N) is 1. The summed E-state index contributed by atoms with van der Waals surface area (Å²) in [6.45, 7) is 2.16. The molecule has 0 spiro atoms. The fraction of sp³-hybridized carbons (Fsp3) is 0.231. The molecule has 0 atom stereocenters. The number of aryl methyl sites for hydroxylation is 1. The van der Waals surface area contributed by atoms with E-state index in [1.165, 1.54) is 0 Å². The molecule has 0 unspecified atom stereocenters. The predicted molar refractivity (Wildman–Crippen MR) is 62.0 cm³/mol. The van der Waals surface area contributed by atoms with Crippen molar-refractivity contribution in [3.63, 3.8) is 0 Å². The molecule has 5 heteroatoms. The quantitative estimate of drug-likeness (QED) is 0.911. The summed E-state index contributed by atoms with van der Waals surface area (Å²) in [7, 11) is 0. The fourth-order valence-corrected chi connectivity index (χ4v) is 1.57. The Balaban J connectivity index is 2.11. The Bertz CT molecular complexity index is 552. The molecule has 1 aromatic carbocycles. The van der Waals surface area contributed by atoms with Gasteiger partial charge in [0.15, 0.2) is 11.6 Å². The van der Waals surface area contributed by atoms with Crippen LogP contribution in [0, 0.1) is 18.6 Å². The molecule has 1 heterocycles. The highest BCUT2D eigenvalue weighted by molar-refractivity contribution is 5.26. The van der Waals surface area contributed by atoms with Gasteiger partial charge in [0.1, 0.15) is 23.9 Å². The van der Waals surface area contributed by atoms with Gasteiger partial charge in [0.25, 0.3) is 0 Å². The highest BCUT2D eigenvalue weighted by Crippen LogP contribution is 2.21. The van der Waals surface area contributed by atoms with E-state index < -0.39 is 11.6 Å². The van der Waals surface area contributed by atoms with Gasteiger partial charge in [0.2, 0.25) is 0 Å². The first kappa shape index (κ1) is 12.6. The molecule has 2 rings (SSSR count). The van der Waals surface area contributed by atoms with E-state index in [4.69, 9.17) is 14.9 Å². The third kappa shape index (κ3) is 2.68. The molecule has 3 nitrogen and oxygen atoms in total. The lowest BCUT2D eigenvalue weighted by molar-refractivity contribution is 0.286.